The lowest BCUT2D eigenvalue weighted by Gasteiger charge is -2.32. The van der Waals surface area contributed by atoms with Gasteiger partial charge in [0.15, 0.2) is 0 Å². The Morgan fingerprint density at radius 1 is 1.54 bits per heavy atom. The summed E-state index contributed by atoms with van der Waals surface area (Å²) in [6.07, 6.45) is 1.59. The maximum Gasteiger partial charge on any atom is 0.314 e. The van der Waals surface area contributed by atoms with E-state index in [4.69, 9.17) is 10.6 Å². The molecule has 0 bridgehead atoms. The van der Waals surface area contributed by atoms with E-state index in [1.54, 1.807) is 0 Å². The van der Waals surface area contributed by atoms with Gasteiger partial charge in [0.1, 0.15) is 0 Å². The first-order chi connectivity index (χ1) is 6.25. The van der Waals surface area contributed by atoms with Crippen molar-refractivity contribution >= 4 is 17.7 Å². The summed E-state index contributed by atoms with van der Waals surface area (Å²) in [6, 6.07) is 0. The SMILES string of the molecule is COC(=O)C1(CON)CCSCC1. The van der Waals surface area contributed by atoms with Crippen molar-refractivity contribution in [3.05, 3.63) is 0 Å². The minimum atomic E-state index is -0.491. The van der Waals surface area contributed by atoms with Crippen molar-refractivity contribution in [2.24, 2.45) is 11.3 Å². The number of carbonyl (C=O) groups excluding carboxylic acids is 1. The van der Waals surface area contributed by atoms with E-state index in [2.05, 4.69) is 4.84 Å². The number of methoxy groups -OCH3 is 1. The second-order valence-electron chi connectivity index (χ2n) is 3.20. The summed E-state index contributed by atoms with van der Waals surface area (Å²) >= 11 is 1.85. The molecule has 13 heavy (non-hydrogen) atoms. The maximum absolute atomic E-state index is 11.5. The summed E-state index contributed by atoms with van der Waals surface area (Å²) in [5, 5.41) is 0. The molecule has 1 saturated heterocycles. The van der Waals surface area contributed by atoms with Gasteiger partial charge in [0.05, 0.1) is 19.1 Å². The number of rotatable bonds is 3. The van der Waals surface area contributed by atoms with Crippen LogP contribution >= 0.6 is 11.8 Å². The molecule has 0 atom stereocenters. The maximum atomic E-state index is 11.5. The minimum Gasteiger partial charge on any atom is -0.469 e. The Morgan fingerprint density at radius 2 is 2.15 bits per heavy atom. The Labute approximate surface area is 82.1 Å². The van der Waals surface area contributed by atoms with Crippen LogP contribution in [0, 0.1) is 5.41 Å². The number of thioether (sulfide) groups is 1. The van der Waals surface area contributed by atoms with E-state index in [9.17, 15) is 4.79 Å². The molecule has 0 saturated carbocycles. The number of hydrogen-bond acceptors (Lipinski definition) is 5. The van der Waals surface area contributed by atoms with Gasteiger partial charge in [0.25, 0.3) is 0 Å². The zero-order valence-electron chi connectivity index (χ0n) is 7.75. The Hall–Kier alpha value is -0.260. The molecule has 0 aliphatic carbocycles. The van der Waals surface area contributed by atoms with Crippen LogP contribution < -0.4 is 5.90 Å². The average Bonchev–Trinajstić information content (AvgIpc) is 2.18. The highest BCUT2D eigenvalue weighted by molar-refractivity contribution is 7.99. The molecule has 1 fully saturated rings. The number of hydrogen-bond donors (Lipinski definition) is 1. The van der Waals surface area contributed by atoms with Gasteiger partial charge in [-0.05, 0) is 24.3 Å². The van der Waals surface area contributed by atoms with Crippen LogP contribution in [0.15, 0.2) is 0 Å². The zero-order chi connectivity index (χ0) is 9.73. The quantitative estimate of drug-likeness (QED) is 0.539. The van der Waals surface area contributed by atoms with Crippen molar-refractivity contribution in [2.45, 2.75) is 12.8 Å². The van der Waals surface area contributed by atoms with Crippen LogP contribution in [-0.2, 0) is 14.4 Å². The van der Waals surface area contributed by atoms with Crippen LogP contribution in [0.4, 0.5) is 0 Å². The van der Waals surface area contributed by atoms with Gasteiger partial charge in [-0.1, -0.05) is 0 Å². The van der Waals surface area contributed by atoms with Crippen LogP contribution in [-0.4, -0.2) is 31.2 Å². The number of nitrogens with two attached hydrogens (primary N) is 1. The smallest absolute Gasteiger partial charge is 0.314 e. The van der Waals surface area contributed by atoms with Crippen molar-refractivity contribution in [3.63, 3.8) is 0 Å². The standard InChI is InChI=1S/C8H15NO3S/c1-11-7(10)8(6-12-9)2-4-13-5-3-8/h2-6,9H2,1H3. The first-order valence-electron chi connectivity index (χ1n) is 4.23. The van der Waals surface area contributed by atoms with E-state index in [1.807, 2.05) is 11.8 Å². The van der Waals surface area contributed by atoms with E-state index in [0.717, 1.165) is 24.3 Å². The first kappa shape index (κ1) is 10.8. The molecule has 2 N–H and O–H groups in total. The zero-order valence-corrected chi connectivity index (χ0v) is 8.56. The van der Waals surface area contributed by atoms with Gasteiger partial charge in [0.2, 0.25) is 0 Å². The third kappa shape index (κ3) is 2.36. The van der Waals surface area contributed by atoms with Gasteiger partial charge in [-0.15, -0.1) is 0 Å². The summed E-state index contributed by atoms with van der Waals surface area (Å²) < 4.78 is 4.76. The summed E-state index contributed by atoms with van der Waals surface area (Å²) in [4.78, 5) is 16.1. The number of ether oxygens (including phenoxy) is 1. The van der Waals surface area contributed by atoms with Gasteiger partial charge in [-0.3, -0.25) is 4.79 Å². The van der Waals surface area contributed by atoms with E-state index in [0.29, 0.717) is 0 Å². The topological polar surface area (TPSA) is 61.5 Å². The fraction of sp³-hybridized carbons (Fsp3) is 0.875. The molecule has 0 aromatic heterocycles. The predicted molar refractivity (Wildman–Crippen MR) is 51.1 cm³/mol. The average molecular weight is 205 g/mol. The number of carbonyl (C=O) groups is 1. The van der Waals surface area contributed by atoms with Gasteiger partial charge in [0, 0.05) is 0 Å². The summed E-state index contributed by atoms with van der Waals surface area (Å²) in [6.45, 7) is 0.264. The van der Waals surface area contributed by atoms with Crippen molar-refractivity contribution in [3.8, 4) is 0 Å². The van der Waals surface area contributed by atoms with E-state index in [1.165, 1.54) is 7.11 Å². The van der Waals surface area contributed by atoms with E-state index < -0.39 is 5.41 Å². The molecule has 0 amide bonds. The summed E-state index contributed by atoms with van der Waals surface area (Å²) in [5.41, 5.74) is -0.491. The molecule has 5 heteroatoms. The Morgan fingerprint density at radius 3 is 2.62 bits per heavy atom. The van der Waals surface area contributed by atoms with E-state index in [-0.39, 0.29) is 12.6 Å². The van der Waals surface area contributed by atoms with Crippen molar-refractivity contribution < 1.29 is 14.4 Å². The van der Waals surface area contributed by atoms with Gasteiger partial charge < -0.3 is 9.57 Å². The third-order valence-corrected chi connectivity index (χ3v) is 3.41. The van der Waals surface area contributed by atoms with Crippen molar-refractivity contribution in [2.75, 3.05) is 25.2 Å². The van der Waals surface area contributed by atoms with Crippen molar-refractivity contribution in [1.82, 2.24) is 0 Å². The summed E-state index contributed by atoms with van der Waals surface area (Å²) in [5.74, 6) is 6.77. The second-order valence-corrected chi connectivity index (χ2v) is 4.42. The molecule has 0 radical (unpaired) electrons. The highest BCUT2D eigenvalue weighted by Gasteiger charge is 2.41. The van der Waals surface area contributed by atoms with Gasteiger partial charge >= 0.3 is 5.97 Å². The van der Waals surface area contributed by atoms with Crippen LogP contribution in [0.25, 0.3) is 0 Å². The highest BCUT2D eigenvalue weighted by atomic mass is 32.2. The fourth-order valence-corrected chi connectivity index (χ4v) is 2.82. The lowest BCUT2D eigenvalue weighted by atomic mass is 9.83. The molecule has 1 aliphatic heterocycles. The molecular weight excluding hydrogens is 190 g/mol. The molecule has 4 nitrogen and oxygen atoms in total. The van der Waals surface area contributed by atoms with Crippen molar-refractivity contribution in [1.29, 1.82) is 0 Å². The second kappa shape index (κ2) is 4.83. The highest BCUT2D eigenvalue weighted by Crippen LogP contribution is 2.36. The lowest BCUT2D eigenvalue weighted by Crippen LogP contribution is -2.41. The Bertz CT molecular complexity index is 175. The Kier molecular flexibility index (Phi) is 4.02. The predicted octanol–water partition coefficient (Wildman–Crippen LogP) is 0.563. The minimum absolute atomic E-state index is 0.196. The molecule has 0 spiro atoms. The normalized spacial score (nSPS) is 21.1. The van der Waals surface area contributed by atoms with Crippen LogP contribution in [0.2, 0.25) is 0 Å². The summed E-state index contributed by atoms with van der Waals surface area (Å²) in [7, 11) is 1.41. The molecule has 76 valence electrons. The van der Waals surface area contributed by atoms with E-state index >= 15 is 0 Å². The van der Waals surface area contributed by atoms with Crippen LogP contribution in [0.5, 0.6) is 0 Å². The molecule has 1 aliphatic rings. The lowest BCUT2D eigenvalue weighted by molar-refractivity contribution is -0.157. The molecule has 0 aromatic rings. The largest absolute Gasteiger partial charge is 0.469 e. The molecule has 1 heterocycles. The fourth-order valence-electron chi connectivity index (χ4n) is 1.55. The third-order valence-electron chi connectivity index (χ3n) is 2.43. The monoisotopic (exact) mass is 205 g/mol. The molecular formula is C8H15NO3S. The van der Waals surface area contributed by atoms with Gasteiger partial charge in [-0.2, -0.15) is 11.8 Å². The Balaban J connectivity index is 2.66. The molecule has 1 rings (SSSR count). The van der Waals surface area contributed by atoms with Crippen LogP contribution in [0.3, 0.4) is 0 Å². The molecule has 0 unspecified atom stereocenters. The molecule has 0 aromatic carbocycles. The number of esters is 1. The first-order valence-corrected chi connectivity index (χ1v) is 5.38. The van der Waals surface area contributed by atoms with Gasteiger partial charge in [-0.25, -0.2) is 5.90 Å². The van der Waals surface area contributed by atoms with Crippen LogP contribution in [0.1, 0.15) is 12.8 Å².